The van der Waals surface area contributed by atoms with Crippen molar-refractivity contribution in [2.75, 3.05) is 49.2 Å². The van der Waals surface area contributed by atoms with E-state index in [4.69, 9.17) is 4.74 Å². The first-order valence-corrected chi connectivity index (χ1v) is 9.41. The molecule has 0 N–H and O–H groups in total. The number of anilines is 1. The summed E-state index contributed by atoms with van der Waals surface area (Å²) in [6.45, 7) is 3.46. The van der Waals surface area contributed by atoms with Gasteiger partial charge in [-0.15, -0.1) is 0 Å². The predicted molar refractivity (Wildman–Crippen MR) is 95.4 cm³/mol. The van der Waals surface area contributed by atoms with Gasteiger partial charge in [0.25, 0.3) is 5.91 Å². The van der Waals surface area contributed by atoms with Crippen molar-refractivity contribution in [1.82, 2.24) is 14.9 Å². The lowest BCUT2D eigenvalue weighted by Crippen LogP contribution is -2.52. The third-order valence-electron chi connectivity index (χ3n) is 4.49. The van der Waals surface area contributed by atoms with E-state index < -0.39 is 6.10 Å². The van der Waals surface area contributed by atoms with Crippen LogP contribution in [0.2, 0.25) is 0 Å². The molecule has 0 aliphatic carbocycles. The summed E-state index contributed by atoms with van der Waals surface area (Å²) in [5, 5.41) is 1.02. The van der Waals surface area contributed by atoms with Crippen LogP contribution in [0.25, 0.3) is 10.9 Å². The molecule has 0 radical (unpaired) electrons. The molecule has 2 aliphatic rings. The van der Waals surface area contributed by atoms with E-state index in [1.165, 1.54) is 0 Å². The van der Waals surface area contributed by atoms with Crippen molar-refractivity contribution in [3.05, 3.63) is 30.6 Å². The van der Waals surface area contributed by atoms with E-state index in [0.717, 1.165) is 47.9 Å². The number of amides is 1. The summed E-state index contributed by atoms with van der Waals surface area (Å²) in [6, 6.07) is 7.97. The minimum atomic E-state index is -0.407. The second kappa shape index (κ2) is 6.94. The molecule has 4 rings (SSSR count). The molecule has 1 aromatic heterocycles. The van der Waals surface area contributed by atoms with Crippen LogP contribution in [0.15, 0.2) is 30.6 Å². The van der Waals surface area contributed by atoms with Crippen molar-refractivity contribution < 1.29 is 9.53 Å². The van der Waals surface area contributed by atoms with Gasteiger partial charge in [-0.25, -0.2) is 9.97 Å². The molecular formula is C17H20N4O2S. The Morgan fingerprint density at radius 3 is 2.88 bits per heavy atom. The Kier molecular flexibility index (Phi) is 4.53. The number of carbonyl (C=O) groups is 1. The number of benzene rings is 1. The first kappa shape index (κ1) is 15.7. The van der Waals surface area contributed by atoms with E-state index in [1.54, 1.807) is 6.33 Å². The lowest BCUT2D eigenvalue weighted by Gasteiger charge is -2.36. The quantitative estimate of drug-likeness (QED) is 0.821. The average Bonchev–Trinajstić information content (AvgIpc) is 2.68. The van der Waals surface area contributed by atoms with Gasteiger partial charge in [0.05, 0.1) is 18.7 Å². The number of nitrogens with zero attached hydrogens (tertiary/aromatic N) is 4. The number of fused-ring (bicyclic) bond motifs is 1. The summed E-state index contributed by atoms with van der Waals surface area (Å²) in [6.07, 6.45) is 1.18. The third kappa shape index (κ3) is 3.06. The Balaban J connectivity index is 1.55. The standard InChI is InChI=1S/C17H20N4O2S/c22-17(20-6-9-24-10-7-20)15-11-21(5-8-23-15)16-13-3-1-2-4-14(13)18-12-19-16/h1-4,12,15H,5-11H2. The Labute approximate surface area is 145 Å². The van der Waals surface area contributed by atoms with Crippen molar-refractivity contribution >= 4 is 34.4 Å². The van der Waals surface area contributed by atoms with Gasteiger partial charge in [-0.2, -0.15) is 11.8 Å². The van der Waals surface area contributed by atoms with Gasteiger partial charge in [0.1, 0.15) is 12.1 Å². The van der Waals surface area contributed by atoms with Gasteiger partial charge in [-0.05, 0) is 12.1 Å². The number of carbonyl (C=O) groups excluding carboxylic acids is 1. The van der Waals surface area contributed by atoms with Gasteiger partial charge in [-0.3, -0.25) is 4.79 Å². The van der Waals surface area contributed by atoms with Crippen LogP contribution >= 0.6 is 11.8 Å². The Morgan fingerprint density at radius 2 is 2.00 bits per heavy atom. The molecule has 1 unspecified atom stereocenters. The van der Waals surface area contributed by atoms with Crippen molar-refractivity contribution in [2.24, 2.45) is 0 Å². The molecule has 0 spiro atoms. The highest BCUT2D eigenvalue weighted by Crippen LogP contribution is 2.25. The zero-order chi connectivity index (χ0) is 16.4. The number of aromatic nitrogens is 2. The van der Waals surface area contributed by atoms with Crippen molar-refractivity contribution in [3.8, 4) is 0 Å². The third-order valence-corrected chi connectivity index (χ3v) is 5.43. The molecule has 2 aliphatic heterocycles. The van der Waals surface area contributed by atoms with Gasteiger partial charge in [0.2, 0.25) is 0 Å². The summed E-state index contributed by atoms with van der Waals surface area (Å²) < 4.78 is 5.77. The topological polar surface area (TPSA) is 58.6 Å². The molecule has 6 nitrogen and oxygen atoms in total. The minimum Gasteiger partial charge on any atom is -0.365 e. The number of hydrogen-bond donors (Lipinski definition) is 0. The maximum Gasteiger partial charge on any atom is 0.253 e. The monoisotopic (exact) mass is 344 g/mol. The Morgan fingerprint density at radius 1 is 1.17 bits per heavy atom. The van der Waals surface area contributed by atoms with Gasteiger partial charge >= 0.3 is 0 Å². The van der Waals surface area contributed by atoms with Crippen LogP contribution < -0.4 is 4.90 Å². The number of hydrogen-bond acceptors (Lipinski definition) is 6. The largest absolute Gasteiger partial charge is 0.365 e. The number of morpholine rings is 1. The van der Waals surface area contributed by atoms with E-state index in [0.29, 0.717) is 13.2 Å². The molecule has 1 aromatic carbocycles. The molecule has 2 fully saturated rings. The van der Waals surface area contributed by atoms with Crippen LogP contribution in [-0.4, -0.2) is 71.2 Å². The molecule has 7 heteroatoms. The second-order valence-electron chi connectivity index (χ2n) is 5.96. The van der Waals surface area contributed by atoms with Crippen molar-refractivity contribution in [1.29, 1.82) is 0 Å². The van der Waals surface area contributed by atoms with Crippen molar-refractivity contribution in [3.63, 3.8) is 0 Å². The Hall–Kier alpha value is -1.86. The molecule has 3 heterocycles. The van der Waals surface area contributed by atoms with E-state index >= 15 is 0 Å². The summed E-state index contributed by atoms with van der Waals surface area (Å²) >= 11 is 1.90. The van der Waals surface area contributed by atoms with Crippen LogP contribution in [0, 0.1) is 0 Å². The maximum atomic E-state index is 12.7. The minimum absolute atomic E-state index is 0.110. The predicted octanol–water partition coefficient (Wildman–Crippen LogP) is 1.41. The zero-order valence-electron chi connectivity index (χ0n) is 13.4. The number of ether oxygens (including phenoxy) is 1. The SMILES string of the molecule is O=C(C1CN(c2ncnc3ccccc23)CCO1)N1CCSCC1. The van der Waals surface area contributed by atoms with Crippen LogP contribution in [0.4, 0.5) is 5.82 Å². The average molecular weight is 344 g/mol. The normalized spacial score (nSPS) is 21.9. The van der Waals surface area contributed by atoms with E-state index in [9.17, 15) is 4.79 Å². The molecular weight excluding hydrogens is 324 g/mol. The molecule has 2 saturated heterocycles. The van der Waals surface area contributed by atoms with E-state index in [2.05, 4.69) is 14.9 Å². The Bertz CT molecular complexity index is 730. The summed E-state index contributed by atoms with van der Waals surface area (Å²) in [4.78, 5) is 25.6. The van der Waals surface area contributed by atoms with E-state index in [-0.39, 0.29) is 5.91 Å². The smallest absolute Gasteiger partial charge is 0.253 e. The molecule has 0 saturated carbocycles. The lowest BCUT2D eigenvalue weighted by molar-refractivity contribution is -0.144. The number of rotatable bonds is 2. The zero-order valence-corrected chi connectivity index (χ0v) is 14.2. The lowest BCUT2D eigenvalue weighted by atomic mass is 10.2. The second-order valence-corrected chi connectivity index (χ2v) is 7.18. The van der Waals surface area contributed by atoms with Gasteiger partial charge in [-0.1, -0.05) is 12.1 Å². The van der Waals surface area contributed by atoms with Crippen LogP contribution in [0.5, 0.6) is 0 Å². The molecule has 1 atom stereocenters. The maximum absolute atomic E-state index is 12.7. The summed E-state index contributed by atoms with van der Waals surface area (Å²) in [5.41, 5.74) is 0.921. The summed E-state index contributed by atoms with van der Waals surface area (Å²) in [5.74, 6) is 3.02. The van der Waals surface area contributed by atoms with Crippen LogP contribution in [-0.2, 0) is 9.53 Å². The van der Waals surface area contributed by atoms with Crippen molar-refractivity contribution in [2.45, 2.75) is 6.10 Å². The number of para-hydroxylation sites is 1. The first-order chi connectivity index (χ1) is 11.8. The first-order valence-electron chi connectivity index (χ1n) is 8.26. The van der Waals surface area contributed by atoms with Gasteiger partial charge in [0.15, 0.2) is 6.10 Å². The summed E-state index contributed by atoms with van der Waals surface area (Å²) in [7, 11) is 0. The molecule has 24 heavy (non-hydrogen) atoms. The van der Waals surface area contributed by atoms with Crippen LogP contribution in [0.1, 0.15) is 0 Å². The van der Waals surface area contributed by atoms with Crippen LogP contribution in [0.3, 0.4) is 0 Å². The molecule has 126 valence electrons. The fourth-order valence-electron chi connectivity index (χ4n) is 3.22. The van der Waals surface area contributed by atoms with Gasteiger partial charge < -0.3 is 14.5 Å². The highest BCUT2D eigenvalue weighted by molar-refractivity contribution is 7.99. The molecule has 2 aromatic rings. The fraction of sp³-hybridized carbons (Fsp3) is 0.471. The van der Waals surface area contributed by atoms with Gasteiger partial charge in [0, 0.05) is 36.5 Å². The molecule has 1 amide bonds. The highest BCUT2D eigenvalue weighted by Gasteiger charge is 2.31. The highest BCUT2D eigenvalue weighted by atomic mass is 32.2. The fourth-order valence-corrected chi connectivity index (χ4v) is 4.12. The number of thioether (sulfide) groups is 1. The van der Waals surface area contributed by atoms with E-state index in [1.807, 2.05) is 40.9 Å². The molecule has 0 bridgehead atoms.